The maximum Gasteiger partial charge on any atom is 0.122 e. The summed E-state index contributed by atoms with van der Waals surface area (Å²) in [7, 11) is 0. The molecule has 0 spiro atoms. The van der Waals surface area contributed by atoms with Crippen molar-refractivity contribution in [1.82, 2.24) is 4.57 Å². The Bertz CT molecular complexity index is 785. The Morgan fingerprint density at radius 3 is 2.50 bits per heavy atom. The smallest absolute Gasteiger partial charge is 0.122 e. The van der Waals surface area contributed by atoms with E-state index in [9.17, 15) is 5.26 Å². The van der Waals surface area contributed by atoms with E-state index in [4.69, 9.17) is 18.0 Å². The number of pyridine rings is 1. The number of fused-ring (bicyclic) bond motifs is 1. The van der Waals surface area contributed by atoms with Crippen LogP contribution in [-0.2, 0) is 25.8 Å². The SMILES string of the molecule is N#Cc1c2c(c(=S)n(CCc3ccccc3)c1N)CCCC2. The van der Waals surface area contributed by atoms with Crippen LogP contribution in [0.5, 0.6) is 0 Å². The molecule has 0 unspecified atom stereocenters. The van der Waals surface area contributed by atoms with Crippen molar-refractivity contribution < 1.29 is 0 Å². The number of nitriles is 1. The van der Waals surface area contributed by atoms with Gasteiger partial charge in [0.25, 0.3) is 0 Å². The number of aromatic nitrogens is 1. The fourth-order valence-electron chi connectivity index (χ4n) is 3.21. The van der Waals surface area contributed by atoms with E-state index in [2.05, 4.69) is 18.2 Å². The van der Waals surface area contributed by atoms with Gasteiger partial charge in [0.05, 0.1) is 5.56 Å². The van der Waals surface area contributed by atoms with Crippen molar-refractivity contribution in [2.24, 2.45) is 0 Å². The molecule has 0 bridgehead atoms. The molecule has 3 nitrogen and oxygen atoms in total. The van der Waals surface area contributed by atoms with Gasteiger partial charge < -0.3 is 10.3 Å². The fraction of sp³-hybridized carbons (Fsp3) is 0.333. The number of benzene rings is 1. The molecule has 0 amide bonds. The summed E-state index contributed by atoms with van der Waals surface area (Å²) in [6, 6.07) is 12.6. The lowest BCUT2D eigenvalue weighted by Gasteiger charge is -2.22. The second-order valence-electron chi connectivity index (χ2n) is 5.73. The molecule has 0 aliphatic heterocycles. The van der Waals surface area contributed by atoms with Crippen molar-refractivity contribution in [2.45, 2.75) is 38.6 Å². The van der Waals surface area contributed by atoms with Crippen LogP contribution in [0.25, 0.3) is 0 Å². The van der Waals surface area contributed by atoms with Gasteiger partial charge in [-0.2, -0.15) is 5.26 Å². The van der Waals surface area contributed by atoms with E-state index in [-0.39, 0.29) is 0 Å². The van der Waals surface area contributed by atoms with Crippen molar-refractivity contribution in [1.29, 1.82) is 5.26 Å². The lowest BCUT2D eigenvalue weighted by Crippen LogP contribution is -2.18. The Morgan fingerprint density at radius 1 is 1.14 bits per heavy atom. The normalized spacial score (nSPS) is 13.4. The summed E-state index contributed by atoms with van der Waals surface area (Å²) in [5.74, 6) is 0.532. The lowest BCUT2D eigenvalue weighted by molar-refractivity contribution is 0.639. The van der Waals surface area contributed by atoms with Crippen LogP contribution in [0.1, 0.15) is 35.1 Å². The first-order valence-corrected chi connectivity index (χ1v) is 8.11. The number of nitrogens with zero attached hydrogens (tertiary/aromatic N) is 2. The highest BCUT2D eigenvalue weighted by Gasteiger charge is 2.20. The third-order valence-corrected chi connectivity index (χ3v) is 4.87. The van der Waals surface area contributed by atoms with Gasteiger partial charge in [0.15, 0.2) is 0 Å². The van der Waals surface area contributed by atoms with Gasteiger partial charge in [-0.05, 0) is 48.8 Å². The number of anilines is 1. The van der Waals surface area contributed by atoms with E-state index in [1.54, 1.807) is 0 Å². The molecule has 0 radical (unpaired) electrons. The Hall–Kier alpha value is -2.12. The average Bonchev–Trinajstić information content (AvgIpc) is 2.56. The third-order valence-electron chi connectivity index (χ3n) is 4.40. The van der Waals surface area contributed by atoms with Crippen LogP contribution in [0.15, 0.2) is 30.3 Å². The predicted octanol–water partition coefficient (Wildman–Crippen LogP) is 3.79. The molecule has 0 fully saturated rings. The summed E-state index contributed by atoms with van der Waals surface area (Å²) in [4.78, 5) is 0. The first-order chi connectivity index (χ1) is 10.7. The summed E-state index contributed by atoms with van der Waals surface area (Å²) in [5.41, 5.74) is 10.4. The molecule has 1 aromatic carbocycles. The number of aryl methyl sites for hydroxylation is 1. The fourth-order valence-corrected chi connectivity index (χ4v) is 3.63. The molecule has 0 atom stereocenters. The van der Waals surface area contributed by atoms with Gasteiger partial charge in [0, 0.05) is 6.54 Å². The van der Waals surface area contributed by atoms with Crippen LogP contribution in [-0.4, -0.2) is 4.57 Å². The zero-order valence-electron chi connectivity index (χ0n) is 12.5. The zero-order valence-corrected chi connectivity index (χ0v) is 13.3. The highest BCUT2D eigenvalue weighted by Crippen LogP contribution is 2.29. The van der Waals surface area contributed by atoms with Crippen LogP contribution >= 0.6 is 12.2 Å². The number of nitrogen functional groups attached to an aromatic ring is 1. The molecule has 112 valence electrons. The molecule has 0 saturated heterocycles. The Morgan fingerprint density at radius 2 is 1.82 bits per heavy atom. The minimum atomic E-state index is 0.532. The van der Waals surface area contributed by atoms with E-state index >= 15 is 0 Å². The molecule has 0 saturated carbocycles. The zero-order chi connectivity index (χ0) is 15.5. The highest BCUT2D eigenvalue weighted by molar-refractivity contribution is 7.71. The summed E-state index contributed by atoms with van der Waals surface area (Å²) in [5, 5.41) is 9.50. The van der Waals surface area contributed by atoms with Crippen LogP contribution in [0.4, 0.5) is 5.82 Å². The number of rotatable bonds is 3. The molecule has 1 aliphatic rings. The summed E-state index contributed by atoms with van der Waals surface area (Å²) >= 11 is 5.66. The van der Waals surface area contributed by atoms with Gasteiger partial charge in [-0.3, -0.25) is 0 Å². The molecular weight excluding hydrogens is 290 g/mol. The standard InChI is InChI=1S/C18H19N3S/c19-12-16-14-8-4-5-9-15(14)18(22)21(17(16)20)11-10-13-6-2-1-3-7-13/h1-3,6-7H,4-5,8-11,20H2. The van der Waals surface area contributed by atoms with Crippen molar-refractivity contribution in [3.8, 4) is 6.07 Å². The number of nitrogens with two attached hydrogens (primary N) is 1. The van der Waals surface area contributed by atoms with E-state index in [0.717, 1.165) is 48.9 Å². The quantitative estimate of drug-likeness (QED) is 0.878. The molecule has 2 aromatic rings. The monoisotopic (exact) mass is 309 g/mol. The molecular formula is C18H19N3S. The average molecular weight is 309 g/mol. The van der Waals surface area contributed by atoms with Gasteiger partial charge >= 0.3 is 0 Å². The van der Waals surface area contributed by atoms with E-state index < -0.39 is 0 Å². The second kappa shape index (κ2) is 6.33. The minimum Gasteiger partial charge on any atom is -0.384 e. The lowest BCUT2D eigenvalue weighted by atomic mass is 9.89. The van der Waals surface area contributed by atoms with Crippen LogP contribution in [0.3, 0.4) is 0 Å². The Labute approximate surface area is 136 Å². The molecule has 1 heterocycles. The van der Waals surface area contributed by atoms with E-state index in [1.807, 2.05) is 22.8 Å². The van der Waals surface area contributed by atoms with E-state index in [0.29, 0.717) is 11.4 Å². The van der Waals surface area contributed by atoms with Crippen LogP contribution in [0.2, 0.25) is 0 Å². The van der Waals surface area contributed by atoms with Crippen LogP contribution in [0, 0.1) is 16.0 Å². The molecule has 3 rings (SSSR count). The third kappa shape index (κ3) is 2.65. The van der Waals surface area contributed by atoms with Gasteiger partial charge in [-0.15, -0.1) is 0 Å². The summed E-state index contributed by atoms with van der Waals surface area (Å²) in [6.45, 7) is 0.719. The molecule has 4 heteroatoms. The topological polar surface area (TPSA) is 54.7 Å². The largest absolute Gasteiger partial charge is 0.384 e. The molecule has 1 aliphatic carbocycles. The maximum absolute atomic E-state index is 9.50. The molecule has 22 heavy (non-hydrogen) atoms. The van der Waals surface area contributed by atoms with Crippen molar-refractivity contribution in [3.63, 3.8) is 0 Å². The molecule has 1 aromatic heterocycles. The first kappa shape index (κ1) is 14.8. The summed E-state index contributed by atoms with van der Waals surface area (Å²) < 4.78 is 2.77. The number of hydrogen-bond acceptors (Lipinski definition) is 3. The Kier molecular flexibility index (Phi) is 4.26. The van der Waals surface area contributed by atoms with Gasteiger partial charge in [-0.1, -0.05) is 42.5 Å². The predicted molar refractivity (Wildman–Crippen MR) is 91.2 cm³/mol. The summed E-state index contributed by atoms with van der Waals surface area (Å²) in [6.07, 6.45) is 5.01. The van der Waals surface area contributed by atoms with Gasteiger partial charge in [-0.25, -0.2) is 0 Å². The van der Waals surface area contributed by atoms with Gasteiger partial charge in [0.1, 0.15) is 16.5 Å². The van der Waals surface area contributed by atoms with Crippen molar-refractivity contribution in [3.05, 3.63) is 57.2 Å². The van der Waals surface area contributed by atoms with Crippen molar-refractivity contribution >= 4 is 18.0 Å². The molecule has 2 N–H and O–H groups in total. The second-order valence-corrected chi connectivity index (χ2v) is 6.12. The minimum absolute atomic E-state index is 0.532. The van der Waals surface area contributed by atoms with E-state index in [1.165, 1.54) is 11.1 Å². The highest BCUT2D eigenvalue weighted by atomic mass is 32.1. The first-order valence-electron chi connectivity index (χ1n) is 7.70. The van der Waals surface area contributed by atoms with Crippen LogP contribution < -0.4 is 5.73 Å². The van der Waals surface area contributed by atoms with Crippen molar-refractivity contribution in [2.75, 3.05) is 5.73 Å². The Balaban J connectivity index is 2.01. The maximum atomic E-state index is 9.50. The number of hydrogen-bond donors (Lipinski definition) is 1. The van der Waals surface area contributed by atoms with Gasteiger partial charge in [0.2, 0.25) is 0 Å².